The quantitative estimate of drug-likeness (QED) is 0.622. The van der Waals surface area contributed by atoms with Crippen molar-refractivity contribution in [3.8, 4) is 0 Å². The number of carbonyl (C=O) groups is 1. The summed E-state index contributed by atoms with van der Waals surface area (Å²) in [5.74, 6) is 0.0703. The zero-order chi connectivity index (χ0) is 8.69. The molecular weight excluding hydrogens is 176 g/mol. The normalized spacial score (nSPS) is 12.5. The fourth-order valence-electron chi connectivity index (χ4n) is 1.02. The summed E-state index contributed by atoms with van der Waals surface area (Å²) in [4.78, 5) is 11.0. The molecule has 11 heavy (non-hydrogen) atoms. The Labute approximate surface area is 80.6 Å². The van der Waals surface area contributed by atoms with Crippen LogP contribution in [0, 0.1) is 5.92 Å². The Morgan fingerprint density at radius 2 is 2.18 bits per heavy atom. The minimum atomic E-state index is -0.0547. The average Bonchev–Trinajstić information content (AvgIpc) is 2.05. The molecular formula is C8H15O2Ti. The van der Waals surface area contributed by atoms with Crippen molar-refractivity contribution in [1.29, 1.82) is 0 Å². The molecule has 0 N–H and O–H groups in total. The van der Waals surface area contributed by atoms with E-state index in [0.717, 1.165) is 25.7 Å². The van der Waals surface area contributed by atoms with Crippen LogP contribution in [0.3, 0.4) is 0 Å². The molecule has 0 aromatic carbocycles. The van der Waals surface area contributed by atoms with E-state index in [1.165, 1.54) is 20.8 Å². The van der Waals surface area contributed by atoms with Crippen LogP contribution in [0.2, 0.25) is 0 Å². The van der Waals surface area contributed by atoms with E-state index in [0.29, 0.717) is 0 Å². The molecule has 1 unspecified atom stereocenters. The minimum absolute atomic E-state index is 0.0547. The monoisotopic (exact) mass is 191 g/mol. The van der Waals surface area contributed by atoms with Crippen LogP contribution in [0.1, 0.15) is 39.5 Å². The molecule has 0 aliphatic rings. The summed E-state index contributed by atoms with van der Waals surface area (Å²) in [5.41, 5.74) is 0. The SMILES string of the molecule is CCCCC(CC)C(=O)[O][Ti]. The Balaban J connectivity index is 3.65. The second kappa shape index (κ2) is 6.87. The standard InChI is InChI=1S/C8H16O2.Ti/c1-3-5-6-7(4-2)8(9)10;/h7H,3-6H2,1-2H3,(H,9,10);/q;+1/p-1. The van der Waals surface area contributed by atoms with Gasteiger partial charge in [0.25, 0.3) is 0 Å². The van der Waals surface area contributed by atoms with Gasteiger partial charge in [0.1, 0.15) is 0 Å². The van der Waals surface area contributed by atoms with Gasteiger partial charge in [-0.3, -0.25) is 0 Å². The van der Waals surface area contributed by atoms with Crippen molar-refractivity contribution in [3.63, 3.8) is 0 Å². The summed E-state index contributed by atoms with van der Waals surface area (Å²) in [6, 6.07) is 0. The molecule has 0 bridgehead atoms. The molecule has 0 aliphatic carbocycles. The Kier molecular flexibility index (Phi) is 6.98. The molecule has 2 nitrogen and oxygen atoms in total. The molecule has 0 heterocycles. The first-order chi connectivity index (χ1) is 5.26. The molecule has 0 aliphatic heterocycles. The van der Waals surface area contributed by atoms with E-state index >= 15 is 0 Å². The van der Waals surface area contributed by atoms with E-state index in [1.54, 1.807) is 0 Å². The Hall–Kier alpha value is 0.184. The zero-order valence-electron chi connectivity index (χ0n) is 7.22. The van der Waals surface area contributed by atoms with E-state index in [-0.39, 0.29) is 11.9 Å². The molecule has 63 valence electrons. The van der Waals surface area contributed by atoms with E-state index in [1.807, 2.05) is 6.92 Å². The number of hydrogen-bond donors (Lipinski definition) is 0. The first kappa shape index (κ1) is 11.2. The van der Waals surface area contributed by atoms with Crippen LogP contribution in [0.15, 0.2) is 0 Å². The summed E-state index contributed by atoms with van der Waals surface area (Å²) in [5, 5.41) is 0. The van der Waals surface area contributed by atoms with E-state index < -0.39 is 0 Å². The first-order valence-electron chi connectivity index (χ1n) is 4.13. The van der Waals surface area contributed by atoms with Crippen molar-refractivity contribution < 1.29 is 28.9 Å². The van der Waals surface area contributed by atoms with Gasteiger partial charge in [-0.05, 0) is 0 Å². The first-order valence-corrected chi connectivity index (χ1v) is 4.77. The third kappa shape index (κ3) is 4.60. The maximum absolute atomic E-state index is 11.0. The van der Waals surface area contributed by atoms with Gasteiger partial charge in [0.15, 0.2) is 0 Å². The van der Waals surface area contributed by atoms with Crippen molar-refractivity contribution >= 4 is 5.97 Å². The molecule has 0 radical (unpaired) electrons. The van der Waals surface area contributed by atoms with Crippen LogP contribution in [0.25, 0.3) is 0 Å². The van der Waals surface area contributed by atoms with Gasteiger partial charge >= 0.3 is 80.4 Å². The van der Waals surface area contributed by atoms with E-state index in [2.05, 4.69) is 10.2 Å². The van der Waals surface area contributed by atoms with Crippen LogP contribution in [-0.2, 0) is 28.9 Å². The van der Waals surface area contributed by atoms with E-state index in [9.17, 15) is 4.79 Å². The Morgan fingerprint density at radius 1 is 1.55 bits per heavy atom. The number of rotatable bonds is 5. The predicted octanol–water partition coefficient (Wildman–Crippen LogP) is 2.21. The second-order valence-corrected chi connectivity index (χ2v) is 2.99. The van der Waals surface area contributed by atoms with Crippen molar-refractivity contribution in [3.05, 3.63) is 0 Å². The van der Waals surface area contributed by atoms with Crippen molar-refractivity contribution in [1.82, 2.24) is 0 Å². The van der Waals surface area contributed by atoms with Crippen LogP contribution < -0.4 is 0 Å². The fourth-order valence-corrected chi connectivity index (χ4v) is 1.28. The third-order valence-corrected chi connectivity index (χ3v) is 2.15. The summed E-state index contributed by atoms with van der Waals surface area (Å²) in [6.07, 6.45) is 4.13. The number of unbranched alkanes of at least 4 members (excludes halogenated alkanes) is 1. The third-order valence-electron chi connectivity index (χ3n) is 1.83. The van der Waals surface area contributed by atoms with Crippen LogP contribution in [-0.4, -0.2) is 5.97 Å². The predicted molar refractivity (Wildman–Crippen MR) is 39.4 cm³/mol. The van der Waals surface area contributed by atoms with Gasteiger partial charge < -0.3 is 0 Å². The Morgan fingerprint density at radius 3 is 2.55 bits per heavy atom. The molecule has 3 heteroatoms. The van der Waals surface area contributed by atoms with Crippen molar-refractivity contribution in [2.24, 2.45) is 5.92 Å². The molecule has 0 saturated carbocycles. The summed E-state index contributed by atoms with van der Waals surface area (Å²) in [7, 11) is 0. The van der Waals surface area contributed by atoms with Gasteiger partial charge in [-0.2, -0.15) is 0 Å². The number of hydrogen-bond acceptors (Lipinski definition) is 2. The van der Waals surface area contributed by atoms with Gasteiger partial charge in [-0.15, -0.1) is 0 Å². The second-order valence-electron chi connectivity index (χ2n) is 2.67. The zero-order valence-corrected chi connectivity index (χ0v) is 8.78. The summed E-state index contributed by atoms with van der Waals surface area (Å²) in [6.45, 7) is 4.15. The van der Waals surface area contributed by atoms with Crippen molar-refractivity contribution in [2.45, 2.75) is 39.5 Å². The molecule has 1 atom stereocenters. The topological polar surface area (TPSA) is 26.3 Å². The molecule has 0 fully saturated rings. The van der Waals surface area contributed by atoms with Gasteiger partial charge in [0, 0.05) is 0 Å². The average molecular weight is 191 g/mol. The fraction of sp³-hybridized carbons (Fsp3) is 0.875. The van der Waals surface area contributed by atoms with Crippen LogP contribution in [0.4, 0.5) is 0 Å². The number of carbonyl (C=O) groups excluding carboxylic acids is 1. The molecule has 0 rings (SSSR count). The van der Waals surface area contributed by atoms with Crippen LogP contribution >= 0.6 is 0 Å². The van der Waals surface area contributed by atoms with E-state index in [4.69, 9.17) is 0 Å². The Bertz CT molecular complexity index is 115. The molecule has 0 amide bonds. The molecule has 0 aromatic rings. The van der Waals surface area contributed by atoms with Gasteiger partial charge in [-0.25, -0.2) is 0 Å². The van der Waals surface area contributed by atoms with Gasteiger partial charge in [-0.1, -0.05) is 0 Å². The van der Waals surface area contributed by atoms with Crippen LogP contribution in [0.5, 0.6) is 0 Å². The molecule has 0 spiro atoms. The van der Waals surface area contributed by atoms with Crippen molar-refractivity contribution in [2.75, 3.05) is 0 Å². The summed E-state index contributed by atoms with van der Waals surface area (Å²) < 4.78 is 4.66. The van der Waals surface area contributed by atoms with Gasteiger partial charge in [0.2, 0.25) is 0 Å². The van der Waals surface area contributed by atoms with Gasteiger partial charge in [0.05, 0.1) is 0 Å². The molecule has 0 aromatic heterocycles. The maximum atomic E-state index is 11.0. The molecule has 0 saturated heterocycles. The summed E-state index contributed by atoms with van der Waals surface area (Å²) >= 11 is 1.46.